The maximum absolute atomic E-state index is 5.76. The van der Waals surface area contributed by atoms with Crippen LogP contribution in [0.25, 0.3) is 0 Å². The third kappa shape index (κ3) is 6.16. The molecular formula is C13H28O2. The van der Waals surface area contributed by atoms with Crippen molar-refractivity contribution in [3.63, 3.8) is 0 Å². The van der Waals surface area contributed by atoms with E-state index in [1.165, 1.54) is 38.5 Å². The first-order valence-corrected chi connectivity index (χ1v) is 6.28. The molecule has 0 aliphatic carbocycles. The Morgan fingerprint density at radius 1 is 0.867 bits per heavy atom. The van der Waals surface area contributed by atoms with E-state index in [-0.39, 0.29) is 5.60 Å². The first kappa shape index (κ1) is 14.9. The average Bonchev–Trinajstić information content (AvgIpc) is 2.29. The molecule has 0 amide bonds. The fourth-order valence-electron chi connectivity index (χ4n) is 1.97. The normalized spacial score (nSPS) is 12.0. The highest BCUT2D eigenvalue weighted by Crippen LogP contribution is 2.28. The van der Waals surface area contributed by atoms with Gasteiger partial charge in [0.2, 0.25) is 0 Å². The molecule has 0 aromatic carbocycles. The number of rotatable bonds is 10. The zero-order valence-electron chi connectivity index (χ0n) is 11.0. The van der Waals surface area contributed by atoms with Gasteiger partial charge < -0.3 is 9.47 Å². The fourth-order valence-corrected chi connectivity index (χ4v) is 1.97. The quantitative estimate of drug-likeness (QED) is 0.553. The zero-order chi connectivity index (χ0) is 11.6. The molecule has 0 saturated carbocycles. The summed E-state index contributed by atoms with van der Waals surface area (Å²) in [5.74, 6) is 0. The highest BCUT2D eigenvalue weighted by Gasteiger charge is 2.27. The number of hydrogen-bond acceptors (Lipinski definition) is 2. The maximum atomic E-state index is 5.76. The molecule has 0 aromatic rings. The van der Waals surface area contributed by atoms with Gasteiger partial charge in [0.15, 0.2) is 0 Å². The summed E-state index contributed by atoms with van der Waals surface area (Å²) in [5, 5.41) is 0. The molecule has 0 fully saturated rings. The summed E-state index contributed by atoms with van der Waals surface area (Å²) in [6.45, 7) is 5.27. The Labute approximate surface area is 95.3 Å². The minimum Gasteiger partial charge on any atom is -0.385 e. The van der Waals surface area contributed by atoms with Crippen molar-refractivity contribution in [1.29, 1.82) is 0 Å². The lowest BCUT2D eigenvalue weighted by Gasteiger charge is -2.32. The van der Waals surface area contributed by atoms with Gasteiger partial charge in [-0.2, -0.15) is 0 Å². The van der Waals surface area contributed by atoms with Crippen molar-refractivity contribution in [2.45, 2.75) is 64.4 Å². The maximum Gasteiger partial charge on any atom is 0.0700 e. The van der Waals surface area contributed by atoms with Crippen molar-refractivity contribution in [2.24, 2.45) is 0 Å². The van der Waals surface area contributed by atoms with Crippen LogP contribution in [0.1, 0.15) is 58.8 Å². The Bertz CT molecular complexity index is 113. The molecule has 0 atom stereocenters. The van der Waals surface area contributed by atoms with Crippen LogP contribution in [-0.4, -0.2) is 26.4 Å². The highest BCUT2D eigenvalue weighted by molar-refractivity contribution is 4.80. The zero-order valence-corrected chi connectivity index (χ0v) is 11.0. The predicted molar refractivity (Wildman–Crippen MR) is 65.3 cm³/mol. The van der Waals surface area contributed by atoms with Crippen LogP contribution in [0, 0.1) is 0 Å². The molecule has 0 spiro atoms. The van der Waals surface area contributed by atoms with Crippen molar-refractivity contribution in [3.8, 4) is 0 Å². The standard InChI is InChI=1S/C13H28O2/c1-5-7-9-13(15-4,10-8-6-2)11-12-14-3/h5-12H2,1-4H3. The van der Waals surface area contributed by atoms with Gasteiger partial charge in [0, 0.05) is 20.8 Å². The fraction of sp³-hybridized carbons (Fsp3) is 1.00. The Morgan fingerprint density at radius 2 is 1.40 bits per heavy atom. The molecule has 0 unspecified atom stereocenters. The van der Waals surface area contributed by atoms with E-state index in [0.29, 0.717) is 0 Å². The summed E-state index contributed by atoms with van der Waals surface area (Å²) in [5.41, 5.74) is 0.0715. The number of unbranched alkanes of at least 4 members (excludes halogenated alkanes) is 2. The third-order valence-corrected chi connectivity index (χ3v) is 3.17. The van der Waals surface area contributed by atoms with E-state index in [1.807, 2.05) is 7.11 Å². The van der Waals surface area contributed by atoms with Crippen LogP contribution >= 0.6 is 0 Å². The summed E-state index contributed by atoms with van der Waals surface area (Å²) in [7, 11) is 3.61. The minimum atomic E-state index is 0.0715. The third-order valence-electron chi connectivity index (χ3n) is 3.17. The van der Waals surface area contributed by atoms with Gasteiger partial charge in [-0.25, -0.2) is 0 Å². The monoisotopic (exact) mass is 216 g/mol. The van der Waals surface area contributed by atoms with Crippen LogP contribution in [0.15, 0.2) is 0 Å². The van der Waals surface area contributed by atoms with E-state index in [4.69, 9.17) is 9.47 Å². The molecule has 2 heteroatoms. The Balaban J connectivity index is 4.16. The molecule has 15 heavy (non-hydrogen) atoms. The molecule has 2 nitrogen and oxygen atoms in total. The Kier molecular flexibility index (Phi) is 9.12. The van der Waals surface area contributed by atoms with E-state index >= 15 is 0 Å². The van der Waals surface area contributed by atoms with Crippen molar-refractivity contribution in [3.05, 3.63) is 0 Å². The van der Waals surface area contributed by atoms with Crippen LogP contribution in [-0.2, 0) is 9.47 Å². The van der Waals surface area contributed by atoms with Crippen molar-refractivity contribution >= 4 is 0 Å². The van der Waals surface area contributed by atoms with Gasteiger partial charge >= 0.3 is 0 Å². The lowest BCUT2D eigenvalue weighted by Crippen LogP contribution is -2.33. The summed E-state index contributed by atoms with van der Waals surface area (Å²) in [6, 6.07) is 0. The predicted octanol–water partition coefficient (Wildman–Crippen LogP) is 3.79. The molecular weight excluding hydrogens is 188 g/mol. The summed E-state index contributed by atoms with van der Waals surface area (Å²) in [6.07, 6.45) is 8.35. The molecule has 0 N–H and O–H groups in total. The lowest BCUT2D eigenvalue weighted by atomic mass is 9.88. The van der Waals surface area contributed by atoms with Gasteiger partial charge in [-0.1, -0.05) is 39.5 Å². The van der Waals surface area contributed by atoms with E-state index < -0.39 is 0 Å². The van der Waals surface area contributed by atoms with Crippen LogP contribution in [0.2, 0.25) is 0 Å². The number of ether oxygens (including phenoxy) is 2. The van der Waals surface area contributed by atoms with E-state index in [9.17, 15) is 0 Å². The average molecular weight is 216 g/mol. The Hall–Kier alpha value is -0.0800. The van der Waals surface area contributed by atoms with Crippen LogP contribution in [0.3, 0.4) is 0 Å². The van der Waals surface area contributed by atoms with Gasteiger partial charge in [0.25, 0.3) is 0 Å². The molecule has 0 aliphatic rings. The van der Waals surface area contributed by atoms with Crippen LogP contribution < -0.4 is 0 Å². The largest absolute Gasteiger partial charge is 0.385 e. The second-order valence-electron chi connectivity index (χ2n) is 4.34. The van der Waals surface area contributed by atoms with E-state index in [1.54, 1.807) is 7.11 Å². The molecule has 0 aromatic heterocycles. The summed E-state index contributed by atoms with van der Waals surface area (Å²) >= 11 is 0. The lowest BCUT2D eigenvalue weighted by molar-refractivity contribution is -0.0478. The molecule has 0 saturated heterocycles. The highest BCUT2D eigenvalue weighted by atomic mass is 16.5. The van der Waals surface area contributed by atoms with Crippen LogP contribution in [0.4, 0.5) is 0 Å². The van der Waals surface area contributed by atoms with Gasteiger partial charge in [-0.15, -0.1) is 0 Å². The molecule has 0 aliphatic heterocycles. The van der Waals surface area contributed by atoms with E-state index in [0.717, 1.165) is 13.0 Å². The van der Waals surface area contributed by atoms with Crippen molar-refractivity contribution in [1.82, 2.24) is 0 Å². The molecule has 0 heterocycles. The van der Waals surface area contributed by atoms with Crippen molar-refractivity contribution in [2.75, 3.05) is 20.8 Å². The molecule has 0 radical (unpaired) electrons. The minimum absolute atomic E-state index is 0.0715. The first-order chi connectivity index (χ1) is 7.24. The topological polar surface area (TPSA) is 18.5 Å². The second-order valence-corrected chi connectivity index (χ2v) is 4.34. The summed E-state index contributed by atoms with van der Waals surface area (Å²) in [4.78, 5) is 0. The Morgan fingerprint density at radius 3 is 1.73 bits per heavy atom. The molecule has 92 valence electrons. The van der Waals surface area contributed by atoms with Gasteiger partial charge in [0.1, 0.15) is 0 Å². The van der Waals surface area contributed by atoms with Crippen molar-refractivity contribution < 1.29 is 9.47 Å². The van der Waals surface area contributed by atoms with Gasteiger partial charge in [0.05, 0.1) is 5.60 Å². The van der Waals surface area contributed by atoms with Gasteiger partial charge in [-0.05, 0) is 19.3 Å². The number of hydrogen-bond donors (Lipinski definition) is 0. The van der Waals surface area contributed by atoms with Crippen LogP contribution in [0.5, 0.6) is 0 Å². The smallest absolute Gasteiger partial charge is 0.0700 e. The SMILES string of the molecule is CCCCC(CCCC)(CCOC)OC. The second kappa shape index (κ2) is 9.17. The van der Waals surface area contributed by atoms with Gasteiger partial charge in [-0.3, -0.25) is 0 Å². The van der Waals surface area contributed by atoms with E-state index in [2.05, 4.69) is 13.8 Å². The summed E-state index contributed by atoms with van der Waals surface area (Å²) < 4.78 is 10.9. The first-order valence-electron chi connectivity index (χ1n) is 6.28. The molecule has 0 rings (SSSR count). The number of methoxy groups -OCH3 is 2. The molecule has 0 bridgehead atoms.